The second kappa shape index (κ2) is 9.66. The van der Waals surface area contributed by atoms with Gasteiger partial charge in [0, 0.05) is 36.4 Å². The second-order valence-corrected chi connectivity index (χ2v) is 9.34. The molecule has 0 radical (unpaired) electrons. The fourth-order valence-electron chi connectivity index (χ4n) is 5.15. The molecule has 2 atom stereocenters. The topological polar surface area (TPSA) is 73.7 Å². The van der Waals surface area contributed by atoms with Gasteiger partial charge in [0.05, 0.1) is 18.3 Å². The van der Waals surface area contributed by atoms with Crippen molar-refractivity contribution in [3.63, 3.8) is 0 Å². The first kappa shape index (κ1) is 22.7. The molecule has 7 heteroatoms. The van der Waals surface area contributed by atoms with E-state index in [1.165, 1.54) is 11.1 Å². The van der Waals surface area contributed by atoms with Gasteiger partial charge in [-0.25, -0.2) is 0 Å². The van der Waals surface area contributed by atoms with Crippen molar-refractivity contribution in [2.75, 3.05) is 26.2 Å². The molecule has 3 aromatic rings. The molecule has 2 aromatic carbocycles. The van der Waals surface area contributed by atoms with Crippen LogP contribution in [0, 0.1) is 0 Å². The molecule has 1 aliphatic carbocycles. The standard InChI is InChI=1S/C27H26ClN3O3/c28-21-10-11-22-20(15-21)9-8-19-7-4-12-29-25(19)26(22)31-14-13-30(23(16-31)27(33)34)17-24(32)18-5-2-1-3-6-18/h1-7,10-12,15,23,26H,8-9,13-14,16-17H2,(H,33,34)/t23-,26?/m1/s1. The molecule has 1 aliphatic heterocycles. The Balaban J connectivity index is 1.45. The van der Waals surface area contributed by atoms with Crippen molar-refractivity contribution < 1.29 is 14.7 Å². The van der Waals surface area contributed by atoms with Crippen LogP contribution >= 0.6 is 11.6 Å². The molecular formula is C27H26ClN3O3. The molecule has 34 heavy (non-hydrogen) atoms. The number of hydrogen-bond donors (Lipinski definition) is 1. The highest BCUT2D eigenvalue weighted by atomic mass is 35.5. The van der Waals surface area contributed by atoms with E-state index in [4.69, 9.17) is 16.6 Å². The Kier molecular flexibility index (Phi) is 6.46. The number of carbonyl (C=O) groups excluding carboxylic acids is 1. The van der Waals surface area contributed by atoms with Crippen LogP contribution in [0.4, 0.5) is 0 Å². The van der Waals surface area contributed by atoms with Gasteiger partial charge in [0.1, 0.15) is 6.04 Å². The number of nitrogens with zero attached hydrogens (tertiary/aromatic N) is 3. The minimum atomic E-state index is -0.920. The monoisotopic (exact) mass is 475 g/mol. The lowest BCUT2D eigenvalue weighted by Gasteiger charge is -2.42. The van der Waals surface area contributed by atoms with Gasteiger partial charge in [0.2, 0.25) is 0 Å². The van der Waals surface area contributed by atoms with Gasteiger partial charge < -0.3 is 5.11 Å². The Morgan fingerprint density at radius 2 is 1.79 bits per heavy atom. The van der Waals surface area contributed by atoms with Crippen molar-refractivity contribution in [1.29, 1.82) is 0 Å². The molecule has 2 aliphatic rings. The van der Waals surface area contributed by atoms with E-state index in [1.54, 1.807) is 23.2 Å². The fraction of sp³-hybridized carbons (Fsp3) is 0.296. The van der Waals surface area contributed by atoms with Crippen LogP contribution in [-0.2, 0) is 17.6 Å². The third-order valence-electron chi connectivity index (χ3n) is 6.86. The maximum absolute atomic E-state index is 12.8. The van der Waals surface area contributed by atoms with Gasteiger partial charge in [-0.3, -0.25) is 24.4 Å². The number of pyridine rings is 1. The Bertz CT molecular complexity index is 1220. The lowest BCUT2D eigenvalue weighted by molar-refractivity contribution is -0.145. The number of aryl methyl sites for hydroxylation is 2. The first-order chi connectivity index (χ1) is 16.5. The minimum Gasteiger partial charge on any atom is -0.480 e. The number of benzene rings is 2. The highest BCUT2D eigenvalue weighted by Crippen LogP contribution is 2.37. The largest absolute Gasteiger partial charge is 0.480 e. The van der Waals surface area contributed by atoms with Crippen molar-refractivity contribution in [2.24, 2.45) is 0 Å². The Morgan fingerprint density at radius 1 is 1.00 bits per heavy atom. The molecule has 1 saturated heterocycles. The summed E-state index contributed by atoms with van der Waals surface area (Å²) in [5, 5.41) is 10.8. The van der Waals surface area contributed by atoms with Crippen LogP contribution in [0.5, 0.6) is 0 Å². The summed E-state index contributed by atoms with van der Waals surface area (Å²) in [6, 6.07) is 18.1. The normalized spacial score (nSPS) is 20.7. The SMILES string of the molecule is O=C(CN1CCN(C2c3ccc(Cl)cc3CCc3cccnc32)C[C@@H]1C(=O)O)c1ccccc1. The molecule has 0 bridgehead atoms. The predicted molar refractivity (Wildman–Crippen MR) is 130 cm³/mol. The summed E-state index contributed by atoms with van der Waals surface area (Å²) in [5.41, 5.74) is 5.04. The van der Waals surface area contributed by atoms with Gasteiger partial charge in [0.15, 0.2) is 5.78 Å². The fourth-order valence-corrected chi connectivity index (χ4v) is 5.35. The molecule has 0 saturated carbocycles. The number of ketones is 1. The van der Waals surface area contributed by atoms with E-state index in [-0.39, 0.29) is 18.4 Å². The molecular weight excluding hydrogens is 450 g/mol. The lowest BCUT2D eigenvalue weighted by atomic mass is 9.95. The average Bonchev–Trinajstić information content (AvgIpc) is 3.01. The van der Waals surface area contributed by atoms with Crippen molar-refractivity contribution in [2.45, 2.75) is 24.9 Å². The predicted octanol–water partition coefficient (Wildman–Crippen LogP) is 3.88. The number of hydrogen-bond acceptors (Lipinski definition) is 5. The third kappa shape index (κ3) is 4.49. The maximum Gasteiger partial charge on any atom is 0.322 e. The Morgan fingerprint density at radius 3 is 2.59 bits per heavy atom. The van der Waals surface area contributed by atoms with Crippen LogP contribution in [0.2, 0.25) is 5.02 Å². The molecule has 1 N–H and O–H groups in total. The third-order valence-corrected chi connectivity index (χ3v) is 7.10. The second-order valence-electron chi connectivity index (χ2n) is 8.90. The van der Waals surface area contributed by atoms with Crippen molar-refractivity contribution in [3.05, 3.63) is 99.8 Å². The van der Waals surface area contributed by atoms with E-state index in [0.717, 1.165) is 24.1 Å². The zero-order valence-corrected chi connectivity index (χ0v) is 19.5. The highest BCUT2D eigenvalue weighted by Gasteiger charge is 2.39. The summed E-state index contributed by atoms with van der Waals surface area (Å²) in [7, 11) is 0. The van der Waals surface area contributed by atoms with Crippen LogP contribution in [-0.4, -0.2) is 63.9 Å². The quantitative estimate of drug-likeness (QED) is 0.564. The first-order valence-electron chi connectivity index (χ1n) is 11.5. The van der Waals surface area contributed by atoms with E-state index in [0.29, 0.717) is 30.2 Å². The number of halogens is 1. The average molecular weight is 476 g/mol. The van der Waals surface area contributed by atoms with Gasteiger partial charge in [-0.1, -0.05) is 54.1 Å². The summed E-state index contributed by atoms with van der Waals surface area (Å²) in [5.74, 6) is -0.987. The maximum atomic E-state index is 12.8. The Labute approximate surface area is 203 Å². The van der Waals surface area contributed by atoms with Crippen molar-refractivity contribution in [1.82, 2.24) is 14.8 Å². The number of carboxylic acid groups (broad SMARTS) is 1. The molecule has 6 nitrogen and oxygen atoms in total. The number of fused-ring (bicyclic) bond motifs is 2. The molecule has 1 unspecified atom stereocenters. The van der Waals surface area contributed by atoms with Gasteiger partial charge in [0.25, 0.3) is 0 Å². The molecule has 1 fully saturated rings. The first-order valence-corrected chi connectivity index (χ1v) is 11.9. The van der Waals surface area contributed by atoms with Crippen molar-refractivity contribution >= 4 is 23.4 Å². The number of rotatable bonds is 5. The summed E-state index contributed by atoms with van der Waals surface area (Å²) in [4.78, 5) is 33.8. The van der Waals surface area contributed by atoms with Crippen molar-refractivity contribution in [3.8, 4) is 0 Å². The van der Waals surface area contributed by atoms with Crippen LogP contribution < -0.4 is 0 Å². The summed E-state index contributed by atoms with van der Waals surface area (Å²) in [6.07, 6.45) is 3.52. The number of carboxylic acids is 1. The van der Waals surface area contributed by atoms with Gasteiger partial charge in [-0.15, -0.1) is 0 Å². The highest BCUT2D eigenvalue weighted by molar-refractivity contribution is 6.30. The van der Waals surface area contributed by atoms with E-state index >= 15 is 0 Å². The number of piperazine rings is 1. The minimum absolute atomic E-state index is 0.0678. The summed E-state index contributed by atoms with van der Waals surface area (Å²) >= 11 is 6.31. The smallest absolute Gasteiger partial charge is 0.322 e. The zero-order valence-electron chi connectivity index (χ0n) is 18.7. The van der Waals surface area contributed by atoms with E-state index in [9.17, 15) is 14.7 Å². The molecule has 0 amide bonds. The zero-order chi connectivity index (χ0) is 23.7. The van der Waals surface area contributed by atoms with Crippen LogP contribution in [0.15, 0.2) is 66.9 Å². The summed E-state index contributed by atoms with van der Waals surface area (Å²) in [6.45, 7) is 1.51. The van der Waals surface area contributed by atoms with Gasteiger partial charge in [-0.2, -0.15) is 0 Å². The van der Waals surface area contributed by atoms with Crippen LogP contribution in [0.3, 0.4) is 0 Å². The lowest BCUT2D eigenvalue weighted by Crippen LogP contribution is -2.58. The van der Waals surface area contributed by atoms with Gasteiger partial charge >= 0.3 is 5.97 Å². The van der Waals surface area contributed by atoms with E-state index in [2.05, 4.69) is 11.0 Å². The molecule has 0 spiro atoms. The number of carbonyl (C=O) groups is 2. The molecule has 2 heterocycles. The van der Waals surface area contributed by atoms with E-state index < -0.39 is 12.0 Å². The molecule has 5 rings (SSSR count). The van der Waals surface area contributed by atoms with Crippen LogP contribution in [0.1, 0.15) is 38.8 Å². The number of Topliss-reactive ketones (excluding diaryl/α,β-unsaturated/α-hetero) is 1. The van der Waals surface area contributed by atoms with E-state index in [1.807, 2.05) is 42.5 Å². The number of aliphatic carboxylic acids is 1. The molecule has 174 valence electrons. The van der Waals surface area contributed by atoms with Gasteiger partial charge in [-0.05, 0) is 47.7 Å². The molecule has 1 aromatic heterocycles. The Hall–Kier alpha value is -3.06. The van der Waals surface area contributed by atoms with Crippen LogP contribution in [0.25, 0.3) is 0 Å². The summed E-state index contributed by atoms with van der Waals surface area (Å²) < 4.78 is 0. The number of aromatic nitrogens is 1.